The summed E-state index contributed by atoms with van der Waals surface area (Å²) in [5, 5.41) is 15.2. The van der Waals surface area contributed by atoms with E-state index in [9.17, 15) is 10.1 Å². The predicted molar refractivity (Wildman–Crippen MR) is 97.2 cm³/mol. The number of thiocarbonyl (C=S) groups is 1. The molecule has 120 valence electrons. The average Bonchev–Trinajstić information content (AvgIpc) is 2.51. The molecule has 0 spiro atoms. The Morgan fingerprint density at radius 2 is 1.91 bits per heavy atom. The summed E-state index contributed by atoms with van der Waals surface area (Å²) in [6.07, 6.45) is 0. The SMILES string of the molecule is CN(Cc1ccc(Cl)cc1)C(=S)Nc1cc([N+](=O)[O-])ccc1Cl. The van der Waals surface area contributed by atoms with Crippen LogP contribution < -0.4 is 5.32 Å². The highest BCUT2D eigenvalue weighted by Crippen LogP contribution is 2.27. The van der Waals surface area contributed by atoms with Gasteiger partial charge in [0.15, 0.2) is 5.11 Å². The first kappa shape index (κ1) is 17.5. The highest BCUT2D eigenvalue weighted by atomic mass is 35.5. The second kappa shape index (κ2) is 7.59. The molecule has 5 nitrogen and oxygen atoms in total. The molecule has 2 aromatic rings. The average molecular weight is 370 g/mol. The van der Waals surface area contributed by atoms with E-state index in [0.29, 0.717) is 27.4 Å². The number of rotatable bonds is 4. The van der Waals surface area contributed by atoms with Gasteiger partial charge in [-0.3, -0.25) is 10.1 Å². The van der Waals surface area contributed by atoms with Gasteiger partial charge in [-0.15, -0.1) is 0 Å². The van der Waals surface area contributed by atoms with Gasteiger partial charge in [-0.1, -0.05) is 35.3 Å². The minimum atomic E-state index is -0.484. The Labute approximate surface area is 149 Å². The Morgan fingerprint density at radius 3 is 2.52 bits per heavy atom. The lowest BCUT2D eigenvalue weighted by Crippen LogP contribution is -2.30. The molecule has 0 radical (unpaired) electrons. The van der Waals surface area contributed by atoms with E-state index in [1.807, 2.05) is 19.2 Å². The van der Waals surface area contributed by atoms with Gasteiger partial charge >= 0.3 is 0 Å². The van der Waals surface area contributed by atoms with Gasteiger partial charge in [0.05, 0.1) is 15.6 Å². The summed E-state index contributed by atoms with van der Waals surface area (Å²) in [5.74, 6) is 0. The number of benzene rings is 2. The molecule has 0 saturated heterocycles. The van der Waals surface area contributed by atoms with Crippen LogP contribution in [0.3, 0.4) is 0 Å². The van der Waals surface area contributed by atoms with E-state index in [2.05, 4.69) is 5.32 Å². The van der Waals surface area contributed by atoms with Crippen molar-refractivity contribution in [1.82, 2.24) is 4.90 Å². The monoisotopic (exact) mass is 369 g/mol. The largest absolute Gasteiger partial charge is 0.348 e. The Balaban J connectivity index is 2.07. The number of nitrogens with one attached hydrogen (secondary N) is 1. The Morgan fingerprint density at radius 1 is 1.26 bits per heavy atom. The Bertz CT molecular complexity index is 738. The van der Waals surface area contributed by atoms with Crippen LogP contribution in [0.25, 0.3) is 0 Å². The van der Waals surface area contributed by atoms with Crippen molar-refractivity contribution in [3.8, 4) is 0 Å². The molecule has 0 aliphatic rings. The van der Waals surface area contributed by atoms with Crippen molar-refractivity contribution in [3.05, 3.63) is 68.2 Å². The Kier molecular flexibility index (Phi) is 5.76. The van der Waals surface area contributed by atoms with E-state index in [1.54, 1.807) is 17.0 Å². The molecule has 0 amide bonds. The molecule has 0 aliphatic carbocycles. The van der Waals surface area contributed by atoms with Crippen LogP contribution >= 0.6 is 35.4 Å². The molecule has 8 heteroatoms. The number of anilines is 1. The van der Waals surface area contributed by atoms with Gasteiger partial charge in [0.25, 0.3) is 5.69 Å². The van der Waals surface area contributed by atoms with Gasteiger partial charge in [0, 0.05) is 30.7 Å². The molecule has 0 heterocycles. The van der Waals surface area contributed by atoms with Crippen molar-refractivity contribution >= 4 is 51.9 Å². The second-order valence-electron chi connectivity index (χ2n) is 4.83. The summed E-state index contributed by atoms with van der Waals surface area (Å²) in [6, 6.07) is 11.6. The highest BCUT2D eigenvalue weighted by molar-refractivity contribution is 7.80. The quantitative estimate of drug-likeness (QED) is 0.479. The van der Waals surface area contributed by atoms with Gasteiger partial charge in [-0.25, -0.2) is 0 Å². The standard InChI is InChI=1S/C15H13Cl2N3O2S/c1-19(9-10-2-4-11(16)5-3-10)15(23)18-14-8-12(20(21)22)6-7-13(14)17/h2-8H,9H2,1H3,(H,18,23). The van der Waals surface area contributed by atoms with Crippen LogP contribution in [0.5, 0.6) is 0 Å². The number of halogens is 2. The molecule has 1 N–H and O–H groups in total. The summed E-state index contributed by atoms with van der Waals surface area (Å²) in [6.45, 7) is 0.565. The fraction of sp³-hybridized carbons (Fsp3) is 0.133. The molecule has 0 aromatic heterocycles. The fourth-order valence-corrected chi connectivity index (χ4v) is 2.33. The topological polar surface area (TPSA) is 58.4 Å². The molecule has 0 fully saturated rings. The summed E-state index contributed by atoms with van der Waals surface area (Å²) < 4.78 is 0. The first-order valence-corrected chi connectivity index (χ1v) is 7.74. The molecular weight excluding hydrogens is 357 g/mol. The first-order chi connectivity index (χ1) is 10.9. The lowest BCUT2D eigenvalue weighted by atomic mass is 10.2. The van der Waals surface area contributed by atoms with Crippen LogP contribution in [0.2, 0.25) is 10.0 Å². The number of nitro benzene ring substituents is 1. The molecule has 2 rings (SSSR count). The van der Waals surface area contributed by atoms with E-state index in [0.717, 1.165) is 5.56 Å². The lowest BCUT2D eigenvalue weighted by Gasteiger charge is -2.21. The molecule has 0 aliphatic heterocycles. The zero-order valence-corrected chi connectivity index (χ0v) is 14.5. The molecule has 0 unspecified atom stereocenters. The predicted octanol–water partition coefficient (Wildman–Crippen LogP) is 4.73. The van der Waals surface area contributed by atoms with Crippen molar-refractivity contribution in [2.75, 3.05) is 12.4 Å². The van der Waals surface area contributed by atoms with Crippen LogP contribution in [-0.4, -0.2) is 22.0 Å². The highest BCUT2D eigenvalue weighted by Gasteiger charge is 2.12. The molecule has 0 atom stereocenters. The van der Waals surface area contributed by atoms with Crippen LogP contribution in [0.1, 0.15) is 5.56 Å². The number of hydrogen-bond acceptors (Lipinski definition) is 3. The van der Waals surface area contributed by atoms with Crippen molar-refractivity contribution in [1.29, 1.82) is 0 Å². The zero-order valence-electron chi connectivity index (χ0n) is 12.1. The minimum Gasteiger partial charge on any atom is -0.348 e. The third kappa shape index (κ3) is 4.79. The van der Waals surface area contributed by atoms with Crippen molar-refractivity contribution in [2.24, 2.45) is 0 Å². The summed E-state index contributed by atoms with van der Waals surface area (Å²) in [5.41, 5.74) is 1.38. The van der Waals surface area contributed by atoms with E-state index < -0.39 is 4.92 Å². The molecule has 2 aromatic carbocycles. The van der Waals surface area contributed by atoms with Gasteiger partial charge in [-0.05, 0) is 36.0 Å². The van der Waals surface area contributed by atoms with E-state index in [1.165, 1.54) is 18.2 Å². The lowest BCUT2D eigenvalue weighted by molar-refractivity contribution is -0.384. The van der Waals surface area contributed by atoms with Crippen LogP contribution in [-0.2, 0) is 6.54 Å². The van der Waals surface area contributed by atoms with Gasteiger partial charge in [0.2, 0.25) is 0 Å². The van der Waals surface area contributed by atoms with Crippen LogP contribution in [0, 0.1) is 10.1 Å². The number of nitrogens with zero attached hydrogens (tertiary/aromatic N) is 2. The fourth-order valence-electron chi connectivity index (χ4n) is 1.87. The third-order valence-corrected chi connectivity index (χ3v) is 4.08. The minimum absolute atomic E-state index is 0.0555. The summed E-state index contributed by atoms with van der Waals surface area (Å²) in [4.78, 5) is 12.1. The van der Waals surface area contributed by atoms with Crippen LogP contribution in [0.15, 0.2) is 42.5 Å². The maximum Gasteiger partial charge on any atom is 0.271 e. The maximum atomic E-state index is 10.8. The number of hydrogen-bond donors (Lipinski definition) is 1. The molecule has 23 heavy (non-hydrogen) atoms. The maximum absolute atomic E-state index is 10.8. The molecule has 0 bridgehead atoms. The third-order valence-electron chi connectivity index (χ3n) is 3.08. The van der Waals surface area contributed by atoms with E-state index >= 15 is 0 Å². The summed E-state index contributed by atoms with van der Waals surface area (Å²) >= 11 is 17.2. The van der Waals surface area contributed by atoms with Gasteiger partial charge in [0.1, 0.15) is 0 Å². The first-order valence-electron chi connectivity index (χ1n) is 6.57. The number of non-ortho nitro benzene ring substituents is 1. The molecule has 0 saturated carbocycles. The summed E-state index contributed by atoms with van der Waals surface area (Å²) in [7, 11) is 1.81. The van der Waals surface area contributed by atoms with Gasteiger partial charge in [-0.2, -0.15) is 0 Å². The van der Waals surface area contributed by atoms with E-state index in [4.69, 9.17) is 35.4 Å². The van der Waals surface area contributed by atoms with Gasteiger partial charge < -0.3 is 10.2 Å². The zero-order chi connectivity index (χ0) is 17.0. The van der Waals surface area contributed by atoms with Crippen LogP contribution in [0.4, 0.5) is 11.4 Å². The second-order valence-corrected chi connectivity index (χ2v) is 6.06. The van der Waals surface area contributed by atoms with Crippen molar-refractivity contribution in [3.63, 3.8) is 0 Å². The smallest absolute Gasteiger partial charge is 0.271 e. The van der Waals surface area contributed by atoms with Crippen molar-refractivity contribution < 1.29 is 4.92 Å². The number of nitro groups is 1. The normalized spacial score (nSPS) is 10.2. The van der Waals surface area contributed by atoms with Crippen molar-refractivity contribution in [2.45, 2.75) is 6.54 Å². The Hall–Kier alpha value is -1.89. The van der Waals surface area contributed by atoms with E-state index in [-0.39, 0.29) is 5.69 Å². The molecular formula is C15H13Cl2N3O2S.